The lowest BCUT2D eigenvalue weighted by atomic mass is 10.0. The van der Waals surface area contributed by atoms with Crippen molar-refractivity contribution in [2.45, 2.75) is 13.8 Å². The first-order valence-electron chi connectivity index (χ1n) is 9.81. The number of carbonyl (C=O) groups is 1. The fraction of sp³-hybridized carbons (Fsp3) is 0.273. The Bertz CT molecular complexity index is 971. The molecular formula is C22H30N8O. The minimum absolute atomic E-state index is 0.0491. The van der Waals surface area contributed by atoms with Gasteiger partial charge in [-0.3, -0.25) is 9.79 Å². The molecule has 164 valence electrons. The summed E-state index contributed by atoms with van der Waals surface area (Å²) in [5.41, 5.74) is 15.7. The largest absolute Gasteiger partial charge is 0.404 e. The molecule has 0 atom stereocenters. The number of nitrogens with zero attached hydrogens (tertiary/aromatic N) is 3. The Morgan fingerprint density at radius 2 is 2.03 bits per heavy atom. The van der Waals surface area contributed by atoms with Gasteiger partial charge in [0.25, 0.3) is 0 Å². The van der Waals surface area contributed by atoms with Gasteiger partial charge < -0.3 is 32.4 Å². The number of dihydropyridines is 2. The smallest absolute Gasteiger partial charge is 0.243 e. The molecule has 2 heterocycles. The Morgan fingerprint density at radius 3 is 2.65 bits per heavy atom. The number of nitrogens with one attached hydrogen (secondary N) is 3. The van der Waals surface area contributed by atoms with Crippen molar-refractivity contribution in [3.63, 3.8) is 0 Å². The minimum atomic E-state index is -0.0937. The van der Waals surface area contributed by atoms with E-state index in [0.29, 0.717) is 17.2 Å². The van der Waals surface area contributed by atoms with E-state index < -0.39 is 0 Å². The van der Waals surface area contributed by atoms with Crippen molar-refractivity contribution in [2.24, 2.45) is 27.4 Å². The molecule has 31 heavy (non-hydrogen) atoms. The highest BCUT2D eigenvalue weighted by Crippen LogP contribution is 2.22. The van der Waals surface area contributed by atoms with E-state index in [2.05, 4.69) is 20.6 Å². The summed E-state index contributed by atoms with van der Waals surface area (Å²) in [7, 11) is 3.37. The second-order valence-electron chi connectivity index (χ2n) is 7.42. The number of fused-ring (bicyclic) bond motifs is 1. The second kappa shape index (κ2) is 10.8. The lowest BCUT2D eigenvalue weighted by molar-refractivity contribution is -0.127. The summed E-state index contributed by atoms with van der Waals surface area (Å²) in [6.45, 7) is 4.03. The predicted molar refractivity (Wildman–Crippen MR) is 126 cm³/mol. The zero-order valence-electron chi connectivity index (χ0n) is 18.3. The van der Waals surface area contributed by atoms with Gasteiger partial charge in [-0.15, -0.1) is 0 Å². The van der Waals surface area contributed by atoms with Gasteiger partial charge in [-0.05, 0) is 35.8 Å². The Labute approximate surface area is 182 Å². The molecule has 0 fully saturated rings. The number of amides is 1. The van der Waals surface area contributed by atoms with Crippen LogP contribution >= 0.6 is 0 Å². The molecule has 2 rings (SSSR count). The lowest BCUT2D eigenvalue weighted by Gasteiger charge is -2.23. The highest BCUT2D eigenvalue weighted by atomic mass is 16.2. The van der Waals surface area contributed by atoms with Crippen LogP contribution in [0.15, 0.2) is 80.6 Å². The van der Waals surface area contributed by atoms with Crippen LogP contribution in [0.1, 0.15) is 13.8 Å². The van der Waals surface area contributed by atoms with Gasteiger partial charge >= 0.3 is 0 Å². The Balaban J connectivity index is 2.16. The number of nitrogens with two attached hydrogens (primary N) is 2. The summed E-state index contributed by atoms with van der Waals surface area (Å²) in [6.07, 6.45) is 13.4. The van der Waals surface area contributed by atoms with Gasteiger partial charge in [0.2, 0.25) is 5.91 Å². The molecule has 1 amide bonds. The quantitative estimate of drug-likeness (QED) is 0.295. The van der Waals surface area contributed by atoms with Gasteiger partial charge in [-0.25, -0.2) is 4.99 Å². The van der Waals surface area contributed by atoms with Crippen molar-refractivity contribution in [1.29, 1.82) is 5.41 Å². The topological polar surface area (TPSA) is 145 Å². The number of rotatable bonds is 8. The maximum atomic E-state index is 11.7. The summed E-state index contributed by atoms with van der Waals surface area (Å²) in [5.74, 6) is 0.968. The fourth-order valence-electron chi connectivity index (χ4n) is 2.62. The molecule has 2 aliphatic rings. The molecule has 0 aromatic carbocycles. The molecule has 2 aliphatic heterocycles. The van der Waals surface area contributed by atoms with E-state index in [1.54, 1.807) is 26.4 Å². The van der Waals surface area contributed by atoms with Gasteiger partial charge in [0.15, 0.2) is 0 Å². The van der Waals surface area contributed by atoms with Crippen molar-refractivity contribution < 1.29 is 4.79 Å². The summed E-state index contributed by atoms with van der Waals surface area (Å²) in [4.78, 5) is 21.7. The first-order chi connectivity index (χ1) is 14.7. The molecule has 0 aliphatic carbocycles. The van der Waals surface area contributed by atoms with Crippen LogP contribution in [0.3, 0.4) is 0 Å². The third-order valence-electron chi connectivity index (χ3n) is 4.51. The molecule has 0 bridgehead atoms. The van der Waals surface area contributed by atoms with Crippen LogP contribution in [0.4, 0.5) is 0 Å². The fourth-order valence-corrected chi connectivity index (χ4v) is 2.62. The molecule has 0 aromatic rings. The molecule has 0 saturated heterocycles. The number of likely N-dealkylation sites (N-methyl/N-ethyl adjacent to an activating group) is 1. The van der Waals surface area contributed by atoms with Crippen LogP contribution in [0.5, 0.6) is 0 Å². The molecule has 0 aromatic heterocycles. The first kappa shape index (κ1) is 23.4. The second-order valence-corrected chi connectivity index (χ2v) is 7.42. The number of aliphatic imine (C=N–C) groups is 2. The maximum Gasteiger partial charge on any atom is 0.243 e. The van der Waals surface area contributed by atoms with E-state index in [9.17, 15) is 4.79 Å². The Morgan fingerprint density at radius 1 is 1.29 bits per heavy atom. The third-order valence-corrected chi connectivity index (χ3v) is 4.51. The zero-order chi connectivity index (χ0) is 23.0. The third kappa shape index (κ3) is 6.56. The van der Waals surface area contributed by atoms with Crippen molar-refractivity contribution in [3.05, 3.63) is 70.6 Å². The van der Waals surface area contributed by atoms with Crippen LogP contribution in [-0.4, -0.2) is 49.7 Å². The predicted octanol–water partition coefficient (Wildman–Crippen LogP) is 1.28. The molecule has 9 nitrogen and oxygen atoms in total. The molecule has 0 saturated carbocycles. The summed E-state index contributed by atoms with van der Waals surface area (Å²) in [5, 5.41) is 13.9. The summed E-state index contributed by atoms with van der Waals surface area (Å²) < 4.78 is 0. The monoisotopic (exact) mass is 422 g/mol. The summed E-state index contributed by atoms with van der Waals surface area (Å²) in [6, 6.07) is 0. The van der Waals surface area contributed by atoms with Gasteiger partial charge in [0, 0.05) is 50.1 Å². The van der Waals surface area contributed by atoms with E-state index in [1.165, 1.54) is 17.3 Å². The Hall–Kier alpha value is -3.88. The average molecular weight is 423 g/mol. The van der Waals surface area contributed by atoms with E-state index in [1.807, 2.05) is 38.3 Å². The van der Waals surface area contributed by atoms with E-state index in [4.69, 9.17) is 16.9 Å². The molecule has 0 spiro atoms. The van der Waals surface area contributed by atoms with Gasteiger partial charge in [-0.2, -0.15) is 0 Å². The number of hydrogen-bond donors (Lipinski definition) is 5. The first-order valence-corrected chi connectivity index (χ1v) is 9.81. The Kier molecular flexibility index (Phi) is 8.13. The van der Waals surface area contributed by atoms with E-state index in [0.717, 1.165) is 22.5 Å². The molecule has 9 heteroatoms. The molecule has 0 unspecified atom stereocenters. The van der Waals surface area contributed by atoms with Crippen molar-refractivity contribution in [2.75, 3.05) is 20.6 Å². The SMILES string of the molecule is CC(C)C(C=N)=CC(N)=NC1=CC=C2NC=C(C(C=NCC(=O)N(C)C)=CN)C=C2N1. The van der Waals surface area contributed by atoms with Crippen LogP contribution in [0.25, 0.3) is 0 Å². The van der Waals surface area contributed by atoms with Gasteiger partial charge in [0.1, 0.15) is 18.2 Å². The number of allylic oxidation sites excluding steroid dienone is 6. The summed E-state index contributed by atoms with van der Waals surface area (Å²) >= 11 is 0. The zero-order valence-corrected chi connectivity index (χ0v) is 18.3. The van der Waals surface area contributed by atoms with E-state index in [-0.39, 0.29) is 18.4 Å². The van der Waals surface area contributed by atoms with Gasteiger partial charge in [-0.1, -0.05) is 13.8 Å². The minimum Gasteiger partial charge on any atom is -0.404 e. The number of carbonyl (C=O) groups excluding carboxylic acids is 1. The number of hydrogen-bond acceptors (Lipinski definition) is 7. The van der Waals surface area contributed by atoms with E-state index >= 15 is 0 Å². The normalized spacial score (nSPS) is 17.1. The molecular weight excluding hydrogens is 392 g/mol. The van der Waals surface area contributed by atoms with Crippen LogP contribution in [0.2, 0.25) is 0 Å². The molecule has 7 N–H and O–H groups in total. The van der Waals surface area contributed by atoms with Crippen LogP contribution in [0, 0.1) is 11.3 Å². The lowest BCUT2D eigenvalue weighted by Crippen LogP contribution is -2.27. The van der Waals surface area contributed by atoms with Crippen LogP contribution in [-0.2, 0) is 4.79 Å². The van der Waals surface area contributed by atoms with Crippen molar-refractivity contribution in [3.8, 4) is 0 Å². The van der Waals surface area contributed by atoms with Crippen molar-refractivity contribution >= 4 is 24.2 Å². The number of amidine groups is 1. The van der Waals surface area contributed by atoms with Gasteiger partial charge in [0.05, 0.1) is 11.4 Å². The average Bonchev–Trinajstić information content (AvgIpc) is 2.74. The maximum absolute atomic E-state index is 11.7. The van der Waals surface area contributed by atoms with Crippen LogP contribution < -0.4 is 22.1 Å². The van der Waals surface area contributed by atoms with Crippen molar-refractivity contribution in [1.82, 2.24) is 15.5 Å². The standard InChI is InChI=1S/C22H30N8O/c1-14(2)15(9-23)8-20(25)29-21-6-5-18-19(28-21)7-16(12-27-18)17(10-24)11-26-13-22(31)30(3)4/h5-12,14,23,27-28H,13,24H2,1-4H3,(H2,25,29). The highest BCUT2D eigenvalue weighted by molar-refractivity contribution is 5.97. The highest BCUT2D eigenvalue weighted by Gasteiger charge is 2.16. The molecule has 0 radical (unpaired) electrons.